The summed E-state index contributed by atoms with van der Waals surface area (Å²) in [5, 5.41) is 12.7. The topological polar surface area (TPSA) is 48.7 Å². The number of rotatable bonds is 4. The van der Waals surface area contributed by atoms with E-state index in [9.17, 15) is 5.26 Å². The third-order valence-electron chi connectivity index (χ3n) is 4.41. The molecule has 3 heteroatoms. The standard InChI is InChI=1S/C15H19N3/c1-10-7-14(13(8-16)11(2)18-10)17-9-15(5-6-15)12-3-4-12/h7,12H,3-6,9H2,1-2H3,(H,17,18). The molecule has 1 aromatic heterocycles. The summed E-state index contributed by atoms with van der Waals surface area (Å²) >= 11 is 0. The van der Waals surface area contributed by atoms with E-state index < -0.39 is 0 Å². The first-order valence-electron chi connectivity index (χ1n) is 6.77. The Hall–Kier alpha value is -1.56. The maximum Gasteiger partial charge on any atom is 0.103 e. The Bertz CT molecular complexity index is 519. The number of hydrogen-bond acceptors (Lipinski definition) is 3. The molecule has 2 fully saturated rings. The Morgan fingerprint density at radius 3 is 2.72 bits per heavy atom. The summed E-state index contributed by atoms with van der Waals surface area (Å²) in [6.45, 7) is 4.91. The molecule has 0 bridgehead atoms. The van der Waals surface area contributed by atoms with Crippen LogP contribution in [-0.4, -0.2) is 11.5 Å². The number of aryl methyl sites for hydroxylation is 2. The van der Waals surface area contributed by atoms with E-state index in [1.165, 1.54) is 25.7 Å². The van der Waals surface area contributed by atoms with Gasteiger partial charge in [0.2, 0.25) is 0 Å². The molecule has 2 saturated carbocycles. The fourth-order valence-electron chi connectivity index (χ4n) is 2.97. The van der Waals surface area contributed by atoms with Crippen LogP contribution in [0.1, 0.15) is 42.6 Å². The van der Waals surface area contributed by atoms with Crippen LogP contribution >= 0.6 is 0 Å². The molecule has 0 aliphatic heterocycles. The number of nitrogens with zero attached hydrogens (tertiary/aromatic N) is 2. The SMILES string of the molecule is Cc1cc(NCC2(C3CC3)CC2)c(C#N)c(C)n1. The van der Waals surface area contributed by atoms with Gasteiger partial charge in [0.15, 0.2) is 0 Å². The van der Waals surface area contributed by atoms with Gasteiger partial charge >= 0.3 is 0 Å². The van der Waals surface area contributed by atoms with Gasteiger partial charge in [0.1, 0.15) is 6.07 Å². The molecule has 18 heavy (non-hydrogen) atoms. The van der Waals surface area contributed by atoms with Gasteiger partial charge in [0, 0.05) is 12.2 Å². The number of anilines is 1. The second kappa shape index (κ2) is 3.98. The molecule has 0 aromatic carbocycles. The predicted molar refractivity (Wildman–Crippen MR) is 71.3 cm³/mol. The molecule has 1 N–H and O–H groups in total. The Balaban J connectivity index is 1.78. The van der Waals surface area contributed by atoms with Gasteiger partial charge in [0.25, 0.3) is 0 Å². The number of nitriles is 1. The number of hydrogen-bond donors (Lipinski definition) is 1. The van der Waals surface area contributed by atoms with Gasteiger partial charge in [-0.3, -0.25) is 4.98 Å². The molecule has 0 atom stereocenters. The van der Waals surface area contributed by atoms with Crippen molar-refractivity contribution in [3.05, 3.63) is 23.0 Å². The lowest BCUT2D eigenvalue weighted by atomic mass is 10.0. The van der Waals surface area contributed by atoms with Crippen molar-refractivity contribution in [3.8, 4) is 6.07 Å². The molecule has 3 nitrogen and oxygen atoms in total. The van der Waals surface area contributed by atoms with Crippen molar-refractivity contribution in [2.45, 2.75) is 39.5 Å². The van der Waals surface area contributed by atoms with Gasteiger partial charge in [-0.25, -0.2) is 0 Å². The third-order valence-corrected chi connectivity index (χ3v) is 4.41. The van der Waals surface area contributed by atoms with Crippen LogP contribution in [0.3, 0.4) is 0 Å². The van der Waals surface area contributed by atoms with E-state index in [-0.39, 0.29) is 0 Å². The highest BCUT2D eigenvalue weighted by Crippen LogP contribution is 2.61. The second-order valence-electron chi connectivity index (χ2n) is 5.87. The van der Waals surface area contributed by atoms with Crippen molar-refractivity contribution >= 4 is 5.69 Å². The monoisotopic (exact) mass is 241 g/mol. The molecule has 0 saturated heterocycles. The average Bonchev–Trinajstić information content (AvgIpc) is 3.17. The van der Waals surface area contributed by atoms with Crippen molar-refractivity contribution in [2.24, 2.45) is 11.3 Å². The Labute approximate surface area is 108 Å². The van der Waals surface area contributed by atoms with Crippen LogP contribution in [0.2, 0.25) is 0 Å². The van der Waals surface area contributed by atoms with E-state index in [1.54, 1.807) is 0 Å². The van der Waals surface area contributed by atoms with Crippen LogP contribution in [0.4, 0.5) is 5.69 Å². The highest BCUT2D eigenvalue weighted by Gasteiger charge is 2.53. The third kappa shape index (κ3) is 1.96. The first-order valence-corrected chi connectivity index (χ1v) is 6.77. The molecular formula is C15H19N3. The maximum absolute atomic E-state index is 9.23. The summed E-state index contributed by atoms with van der Waals surface area (Å²) in [5.74, 6) is 0.944. The minimum Gasteiger partial charge on any atom is -0.383 e. The molecule has 0 amide bonds. The van der Waals surface area contributed by atoms with E-state index in [1.807, 2.05) is 19.9 Å². The Kier molecular flexibility index (Phi) is 2.55. The molecule has 0 unspecified atom stereocenters. The van der Waals surface area contributed by atoms with Crippen LogP contribution in [0, 0.1) is 36.5 Å². The van der Waals surface area contributed by atoms with Crippen molar-refractivity contribution in [3.63, 3.8) is 0 Å². The first kappa shape index (κ1) is 11.5. The quantitative estimate of drug-likeness (QED) is 0.880. The van der Waals surface area contributed by atoms with E-state index in [0.717, 1.165) is 29.5 Å². The van der Waals surface area contributed by atoms with Gasteiger partial charge in [-0.2, -0.15) is 5.26 Å². The van der Waals surface area contributed by atoms with Gasteiger partial charge < -0.3 is 5.32 Å². The smallest absolute Gasteiger partial charge is 0.103 e. The Morgan fingerprint density at radius 1 is 1.44 bits per heavy atom. The van der Waals surface area contributed by atoms with Crippen LogP contribution in [0.15, 0.2) is 6.07 Å². The lowest BCUT2D eigenvalue weighted by Crippen LogP contribution is -2.18. The summed E-state index contributed by atoms with van der Waals surface area (Å²) in [6, 6.07) is 4.26. The fourth-order valence-corrected chi connectivity index (χ4v) is 2.97. The minimum atomic E-state index is 0.553. The Morgan fingerprint density at radius 2 is 2.17 bits per heavy atom. The van der Waals surface area contributed by atoms with Crippen LogP contribution in [0.5, 0.6) is 0 Å². The number of pyridine rings is 1. The maximum atomic E-state index is 9.23. The lowest BCUT2D eigenvalue weighted by molar-refractivity contribution is 0.467. The van der Waals surface area contributed by atoms with E-state index in [2.05, 4.69) is 16.4 Å². The van der Waals surface area contributed by atoms with Crippen molar-refractivity contribution in [1.29, 1.82) is 5.26 Å². The van der Waals surface area contributed by atoms with Gasteiger partial charge in [0.05, 0.1) is 16.9 Å². The average molecular weight is 241 g/mol. The summed E-state index contributed by atoms with van der Waals surface area (Å²) in [4.78, 5) is 4.35. The minimum absolute atomic E-state index is 0.553. The molecular weight excluding hydrogens is 222 g/mol. The summed E-state index contributed by atoms with van der Waals surface area (Å²) in [5.41, 5.74) is 4.03. The normalized spacial score (nSPS) is 20.3. The predicted octanol–water partition coefficient (Wildman–Crippen LogP) is 3.17. The van der Waals surface area contributed by atoms with Crippen LogP contribution < -0.4 is 5.32 Å². The molecule has 0 radical (unpaired) electrons. The molecule has 2 aliphatic carbocycles. The first-order chi connectivity index (χ1) is 8.64. The van der Waals surface area contributed by atoms with Crippen LogP contribution in [-0.2, 0) is 0 Å². The second-order valence-corrected chi connectivity index (χ2v) is 5.87. The van der Waals surface area contributed by atoms with E-state index in [0.29, 0.717) is 11.0 Å². The fraction of sp³-hybridized carbons (Fsp3) is 0.600. The molecule has 0 spiro atoms. The highest BCUT2D eigenvalue weighted by molar-refractivity contribution is 5.60. The molecule has 1 aromatic rings. The largest absolute Gasteiger partial charge is 0.383 e. The molecule has 2 aliphatic rings. The van der Waals surface area contributed by atoms with Gasteiger partial charge in [-0.05, 0) is 56.9 Å². The molecule has 3 rings (SSSR count). The number of nitrogens with one attached hydrogen (secondary N) is 1. The molecule has 94 valence electrons. The summed E-state index contributed by atoms with van der Waals surface area (Å²) < 4.78 is 0. The number of aromatic nitrogens is 1. The van der Waals surface area contributed by atoms with Gasteiger partial charge in [-0.1, -0.05) is 0 Å². The van der Waals surface area contributed by atoms with Crippen molar-refractivity contribution in [2.75, 3.05) is 11.9 Å². The van der Waals surface area contributed by atoms with Crippen molar-refractivity contribution < 1.29 is 0 Å². The van der Waals surface area contributed by atoms with Crippen molar-refractivity contribution in [1.82, 2.24) is 4.98 Å². The lowest BCUT2D eigenvalue weighted by Gasteiger charge is -2.17. The summed E-state index contributed by atoms with van der Waals surface area (Å²) in [7, 11) is 0. The highest BCUT2D eigenvalue weighted by atomic mass is 14.9. The summed E-state index contributed by atoms with van der Waals surface area (Å²) in [6.07, 6.45) is 5.52. The van der Waals surface area contributed by atoms with E-state index in [4.69, 9.17) is 0 Å². The molecule has 1 heterocycles. The zero-order chi connectivity index (χ0) is 12.8. The zero-order valence-electron chi connectivity index (χ0n) is 11.1. The zero-order valence-corrected chi connectivity index (χ0v) is 11.1. The van der Waals surface area contributed by atoms with Crippen LogP contribution in [0.25, 0.3) is 0 Å². The van der Waals surface area contributed by atoms with Gasteiger partial charge in [-0.15, -0.1) is 0 Å². The van der Waals surface area contributed by atoms with E-state index >= 15 is 0 Å².